The van der Waals surface area contributed by atoms with E-state index in [0.717, 1.165) is 48.6 Å². The van der Waals surface area contributed by atoms with E-state index < -0.39 is 11.7 Å². The maximum atomic E-state index is 13.6. The Bertz CT molecular complexity index is 1210. The first-order chi connectivity index (χ1) is 16.8. The number of alkyl halides is 3. The van der Waals surface area contributed by atoms with Crippen LogP contribution in [0.4, 0.5) is 30.4 Å². The van der Waals surface area contributed by atoms with E-state index in [2.05, 4.69) is 15.3 Å². The molecule has 1 heterocycles. The number of aliphatic hydroxyl groups excluding tert-OH is 1. The van der Waals surface area contributed by atoms with Gasteiger partial charge in [0.1, 0.15) is 12.1 Å². The number of aliphatic hydroxyl groups is 1. The average molecular weight is 483 g/mol. The van der Waals surface area contributed by atoms with Gasteiger partial charge in [-0.2, -0.15) is 13.2 Å². The second-order valence-electron chi connectivity index (χ2n) is 9.59. The molecule has 8 heteroatoms. The first-order valence-electron chi connectivity index (χ1n) is 12.1. The van der Waals surface area contributed by atoms with Crippen molar-refractivity contribution >= 4 is 17.2 Å². The minimum absolute atomic E-state index is 0.201. The van der Waals surface area contributed by atoms with E-state index in [-0.39, 0.29) is 12.1 Å². The van der Waals surface area contributed by atoms with Gasteiger partial charge in [0.25, 0.3) is 0 Å². The number of nitrogens with zero attached hydrogens (tertiary/aromatic N) is 3. The SMILES string of the molecule is CN(c1cc(C(F)(F)F)ccc1-c1cc(Nc2ccc3c(c2)C[C@H](O)C3)ncn1)C1CCCCC1. The average Bonchev–Trinajstić information content (AvgIpc) is 3.22. The summed E-state index contributed by atoms with van der Waals surface area (Å²) in [6, 6.07) is 11.8. The van der Waals surface area contributed by atoms with E-state index in [1.54, 1.807) is 6.07 Å². The van der Waals surface area contributed by atoms with Crippen LogP contribution in [0.1, 0.15) is 48.8 Å². The second-order valence-corrected chi connectivity index (χ2v) is 9.59. The smallest absolute Gasteiger partial charge is 0.392 e. The number of halogens is 3. The first kappa shape index (κ1) is 23.6. The molecule has 0 amide bonds. The minimum Gasteiger partial charge on any atom is -0.392 e. The zero-order chi connectivity index (χ0) is 24.6. The summed E-state index contributed by atoms with van der Waals surface area (Å²) in [7, 11) is 1.88. The lowest BCUT2D eigenvalue weighted by Gasteiger charge is -2.34. The molecule has 3 aromatic rings. The van der Waals surface area contributed by atoms with Crippen molar-refractivity contribution in [2.45, 2.75) is 63.3 Å². The van der Waals surface area contributed by atoms with Gasteiger partial charge in [-0.25, -0.2) is 9.97 Å². The molecule has 2 aromatic carbocycles. The molecule has 0 saturated heterocycles. The monoisotopic (exact) mass is 482 g/mol. The normalized spacial score (nSPS) is 18.4. The molecule has 0 radical (unpaired) electrons. The Hall–Kier alpha value is -3.13. The summed E-state index contributed by atoms with van der Waals surface area (Å²) < 4.78 is 40.7. The number of rotatable bonds is 5. The third-order valence-corrected chi connectivity index (χ3v) is 7.16. The molecule has 0 aliphatic heterocycles. The molecule has 2 aliphatic rings. The van der Waals surface area contributed by atoms with Gasteiger partial charge in [-0.15, -0.1) is 0 Å². The summed E-state index contributed by atoms with van der Waals surface area (Å²) >= 11 is 0. The summed E-state index contributed by atoms with van der Waals surface area (Å²) in [5, 5.41) is 13.2. The van der Waals surface area contributed by atoms with Crippen molar-refractivity contribution < 1.29 is 18.3 Å². The lowest BCUT2D eigenvalue weighted by molar-refractivity contribution is -0.137. The first-order valence-corrected chi connectivity index (χ1v) is 12.1. The van der Waals surface area contributed by atoms with Crippen molar-refractivity contribution in [3.05, 3.63) is 65.5 Å². The molecule has 0 spiro atoms. The van der Waals surface area contributed by atoms with Gasteiger partial charge < -0.3 is 15.3 Å². The number of hydrogen-bond donors (Lipinski definition) is 2. The van der Waals surface area contributed by atoms with Crippen LogP contribution in [0.25, 0.3) is 11.3 Å². The molecular weight excluding hydrogens is 453 g/mol. The van der Waals surface area contributed by atoms with Crippen LogP contribution >= 0.6 is 0 Å². The summed E-state index contributed by atoms with van der Waals surface area (Å²) in [4.78, 5) is 10.7. The van der Waals surface area contributed by atoms with Crippen LogP contribution < -0.4 is 10.2 Å². The number of hydrogen-bond acceptors (Lipinski definition) is 5. The summed E-state index contributed by atoms with van der Waals surface area (Å²) in [5.74, 6) is 0.555. The summed E-state index contributed by atoms with van der Waals surface area (Å²) in [5.41, 5.74) is 4.17. The summed E-state index contributed by atoms with van der Waals surface area (Å²) in [6.07, 6.45) is 3.24. The highest BCUT2D eigenvalue weighted by molar-refractivity contribution is 5.79. The molecule has 1 atom stereocenters. The Balaban J connectivity index is 1.47. The number of fused-ring (bicyclic) bond motifs is 1. The van der Waals surface area contributed by atoms with Crippen LogP contribution in [0.3, 0.4) is 0 Å². The number of nitrogens with one attached hydrogen (secondary N) is 1. The van der Waals surface area contributed by atoms with E-state index in [4.69, 9.17) is 0 Å². The van der Waals surface area contributed by atoms with Gasteiger partial charge in [-0.1, -0.05) is 31.4 Å². The summed E-state index contributed by atoms with van der Waals surface area (Å²) in [6.45, 7) is 0. The number of benzene rings is 2. The standard InChI is InChI=1S/C27H29F3N4O/c1-34(21-5-3-2-4-6-21)25-14-19(27(28,29)30)8-10-23(25)24-15-26(32-16-31-24)33-20-9-7-17-12-22(35)13-18(17)11-20/h7-11,14-16,21-22,35H,2-6,12-13H2,1H3,(H,31,32,33)/t22-/m1/s1. The van der Waals surface area contributed by atoms with E-state index in [0.29, 0.717) is 35.6 Å². The highest BCUT2D eigenvalue weighted by atomic mass is 19.4. The van der Waals surface area contributed by atoms with Gasteiger partial charge in [-0.05, 0) is 61.1 Å². The van der Waals surface area contributed by atoms with Crippen LogP contribution in [0.5, 0.6) is 0 Å². The van der Waals surface area contributed by atoms with Gasteiger partial charge in [0, 0.05) is 36.1 Å². The second kappa shape index (κ2) is 9.49. The van der Waals surface area contributed by atoms with Crippen molar-refractivity contribution in [3.8, 4) is 11.3 Å². The molecule has 2 N–H and O–H groups in total. The fourth-order valence-electron chi connectivity index (χ4n) is 5.27. The molecule has 0 bridgehead atoms. The third-order valence-electron chi connectivity index (χ3n) is 7.16. The van der Waals surface area contributed by atoms with Crippen molar-refractivity contribution in [2.75, 3.05) is 17.3 Å². The van der Waals surface area contributed by atoms with Gasteiger partial charge in [0.05, 0.1) is 17.4 Å². The largest absolute Gasteiger partial charge is 0.416 e. The van der Waals surface area contributed by atoms with Gasteiger partial charge in [0.15, 0.2) is 0 Å². The van der Waals surface area contributed by atoms with Crippen LogP contribution in [0.2, 0.25) is 0 Å². The Kier molecular flexibility index (Phi) is 6.40. The van der Waals surface area contributed by atoms with E-state index in [9.17, 15) is 18.3 Å². The van der Waals surface area contributed by atoms with Crippen LogP contribution in [-0.2, 0) is 19.0 Å². The number of aromatic nitrogens is 2. The molecule has 1 fully saturated rings. The number of anilines is 3. The van der Waals surface area contributed by atoms with Crippen LogP contribution in [-0.4, -0.2) is 34.3 Å². The molecule has 35 heavy (non-hydrogen) atoms. The van der Waals surface area contributed by atoms with Crippen molar-refractivity contribution in [2.24, 2.45) is 0 Å². The van der Waals surface area contributed by atoms with Crippen molar-refractivity contribution in [3.63, 3.8) is 0 Å². The molecule has 1 saturated carbocycles. The zero-order valence-electron chi connectivity index (χ0n) is 19.6. The van der Waals surface area contributed by atoms with Gasteiger partial charge in [0.2, 0.25) is 0 Å². The predicted molar refractivity (Wildman–Crippen MR) is 131 cm³/mol. The lowest BCUT2D eigenvalue weighted by Crippen LogP contribution is -2.33. The van der Waals surface area contributed by atoms with Crippen molar-refractivity contribution in [1.82, 2.24) is 9.97 Å². The van der Waals surface area contributed by atoms with Crippen molar-refractivity contribution in [1.29, 1.82) is 0 Å². The fourth-order valence-corrected chi connectivity index (χ4v) is 5.27. The van der Waals surface area contributed by atoms with Crippen LogP contribution in [0, 0.1) is 0 Å². The maximum absolute atomic E-state index is 13.6. The quantitative estimate of drug-likeness (QED) is 0.458. The van der Waals surface area contributed by atoms with Gasteiger partial charge >= 0.3 is 6.18 Å². The Labute approximate surface area is 203 Å². The highest BCUT2D eigenvalue weighted by Crippen LogP contribution is 2.39. The molecule has 184 valence electrons. The fraction of sp³-hybridized carbons (Fsp3) is 0.407. The Morgan fingerprint density at radius 3 is 2.49 bits per heavy atom. The van der Waals surface area contributed by atoms with E-state index in [1.807, 2.05) is 30.1 Å². The van der Waals surface area contributed by atoms with E-state index in [1.165, 1.54) is 24.9 Å². The molecule has 2 aliphatic carbocycles. The molecular formula is C27H29F3N4O. The molecule has 1 aromatic heterocycles. The maximum Gasteiger partial charge on any atom is 0.416 e. The van der Waals surface area contributed by atoms with Crippen LogP contribution in [0.15, 0.2) is 48.8 Å². The Morgan fingerprint density at radius 2 is 1.71 bits per heavy atom. The predicted octanol–water partition coefficient (Wildman–Crippen LogP) is 6.13. The molecule has 5 rings (SSSR count). The lowest BCUT2D eigenvalue weighted by atomic mass is 9.93. The molecule has 5 nitrogen and oxygen atoms in total. The minimum atomic E-state index is -4.42. The Morgan fingerprint density at radius 1 is 0.943 bits per heavy atom. The van der Waals surface area contributed by atoms with Gasteiger partial charge in [-0.3, -0.25) is 0 Å². The highest BCUT2D eigenvalue weighted by Gasteiger charge is 2.32. The van der Waals surface area contributed by atoms with E-state index >= 15 is 0 Å². The zero-order valence-corrected chi connectivity index (χ0v) is 19.6. The topological polar surface area (TPSA) is 61.3 Å². The third kappa shape index (κ3) is 5.12. The molecule has 0 unspecified atom stereocenters.